The average molecular weight is 487 g/mol. The second-order valence-corrected chi connectivity index (χ2v) is 8.36. The summed E-state index contributed by atoms with van der Waals surface area (Å²) in [6.07, 6.45) is 1.45. The Morgan fingerprint density at radius 3 is 2.24 bits per heavy atom. The van der Waals surface area contributed by atoms with Gasteiger partial charge in [-0.1, -0.05) is 71.7 Å². The van der Waals surface area contributed by atoms with E-state index < -0.39 is 6.04 Å². The van der Waals surface area contributed by atoms with Crippen LogP contribution in [0.5, 0.6) is 11.5 Å². The van der Waals surface area contributed by atoms with Crippen LogP contribution in [0.25, 0.3) is 0 Å². The van der Waals surface area contributed by atoms with Crippen molar-refractivity contribution in [2.45, 2.75) is 24.9 Å². The zero-order chi connectivity index (χ0) is 23.8. The van der Waals surface area contributed by atoms with Gasteiger partial charge in [-0.3, -0.25) is 10.1 Å². The lowest BCUT2D eigenvalue weighted by Crippen LogP contribution is -2.38. The first-order valence-corrected chi connectivity index (χ1v) is 11.4. The number of likely N-dealkylation sites (N-methyl/N-ethyl adjacent to an activating group) is 1. The molecule has 1 unspecified atom stereocenters. The molecule has 174 valence electrons. The molecule has 3 aromatic rings. The van der Waals surface area contributed by atoms with E-state index in [9.17, 15) is 4.79 Å². The van der Waals surface area contributed by atoms with E-state index in [1.54, 1.807) is 21.3 Å². The van der Waals surface area contributed by atoms with E-state index in [0.717, 1.165) is 23.1 Å². The second kappa shape index (κ2) is 11.9. The number of nitrogens with one attached hydrogen (secondary N) is 2. The van der Waals surface area contributed by atoms with Crippen LogP contribution < -0.4 is 20.1 Å². The lowest BCUT2D eigenvalue weighted by molar-refractivity contribution is -0.123. The number of rotatable bonds is 10. The first-order chi connectivity index (χ1) is 16.0. The number of aryl methyl sites for hydroxylation is 1. The summed E-state index contributed by atoms with van der Waals surface area (Å²) < 4.78 is 10.9. The molecule has 0 aliphatic rings. The molecule has 0 fully saturated rings. The van der Waals surface area contributed by atoms with Gasteiger partial charge in [0.2, 0.25) is 5.91 Å². The molecular weight excluding hydrogens is 459 g/mol. The SMILES string of the molecule is CNC(=O)C(N[C@@H](CCc1ccc(Cl)cc1)c1ccc(OC)c(OC)c1Cl)c1ccccc1. The molecular formula is C26H28Cl2N2O3. The van der Waals surface area contributed by atoms with E-state index in [4.69, 9.17) is 32.7 Å². The molecule has 33 heavy (non-hydrogen) atoms. The van der Waals surface area contributed by atoms with Gasteiger partial charge in [-0.25, -0.2) is 0 Å². The lowest BCUT2D eigenvalue weighted by Gasteiger charge is -2.27. The van der Waals surface area contributed by atoms with Crippen LogP contribution in [-0.4, -0.2) is 27.2 Å². The molecule has 0 aliphatic carbocycles. The van der Waals surface area contributed by atoms with Crippen molar-refractivity contribution in [1.29, 1.82) is 0 Å². The van der Waals surface area contributed by atoms with Gasteiger partial charge in [0.15, 0.2) is 11.5 Å². The zero-order valence-electron chi connectivity index (χ0n) is 18.9. The summed E-state index contributed by atoms with van der Waals surface area (Å²) in [6.45, 7) is 0. The van der Waals surface area contributed by atoms with Crippen LogP contribution in [0.2, 0.25) is 10.0 Å². The van der Waals surface area contributed by atoms with Crippen LogP contribution >= 0.6 is 23.2 Å². The van der Waals surface area contributed by atoms with Gasteiger partial charge in [-0.05, 0) is 47.7 Å². The summed E-state index contributed by atoms with van der Waals surface area (Å²) in [7, 11) is 4.76. The fourth-order valence-electron chi connectivity index (χ4n) is 3.78. The minimum absolute atomic E-state index is 0.130. The average Bonchev–Trinajstić information content (AvgIpc) is 2.85. The molecule has 0 saturated carbocycles. The molecule has 0 saturated heterocycles. The molecule has 7 heteroatoms. The number of amides is 1. The molecule has 0 bridgehead atoms. The van der Waals surface area contributed by atoms with Crippen molar-refractivity contribution in [2.75, 3.05) is 21.3 Å². The summed E-state index contributed by atoms with van der Waals surface area (Å²) >= 11 is 12.8. The highest BCUT2D eigenvalue weighted by molar-refractivity contribution is 6.33. The van der Waals surface area contributed by atoms with Gasteiger partial charge in [0.1, 0.15) is 6.04 Å². The maximum absolute atomic E-state index is 12.8. The van der Waals surface area contributed by atoms with E-state index in [-0.39, 0.29) is 11.9 Å². The molecule has 0 aromatic heterocycles. The molecule has 3 aromatic carbocycles. The Balaban J connectivity index is 1.99. The van der Waals surface area contributed by atoms with Gasteiger partial charge in [0, 0.05) is 18.1 Å². The molecule has 0 spiro atoms. The first-order valence-electron chi connectivity index (χ1n) is 10.7. The van der Waals surface area contributed by atoms with E-state index in [1.807, 2.05) is 66.7 Å². The molecule has 2 atom stereocenters. The molecule has 0 radical (unpaired) electrons. The quantitative estimate of drug-likeness (QED) is 0.382. The Kier molecular flexibility index (Phi) is 9.01. The Bertz CT molecular complexity index is 1060. The third kappa shape index (κ3) is 6.20. The highest BCUT2D eigenvalue weighted by Crippen LogP contribution is 2.41. The Labute approximate surface area is 205 Å². The fraction of sp³-hybridized carbons (Fsp3) is 0.269. The van der Waals surface area contributed by atoms with Crippen molar-refractivity contribution in [1.82, 2.24) is 10.6 Å². The maximum atomic E-state index is 12.8. The highest BCUT2D eigenvalue weighted by atomic mass is 35.5. The van der Waals surface area contributed by atoms with Crippen LogP contribution in [0.3, 0.4) is 0 Å². The van der Waals surface area contributed by atoms with E-state index in [2.05, 4.69) is 10.6 Å². The van der Waals surface area contributed by atoms with Gasteiger partial charge in [0.25, 0.3) is 0 Å². The van der Waals surface area contributed by atoms with Crippen LogP contribution in [0, 0.1) is 0 Å². The fourth-order valence-corrected chi connectivity index (χ4v) is 4.27. The van der Waals surface area contributed by atoms with Crippen molar-refractivity contribution in [3.8, 4) is 11.5 Å². The monoisotopic (exact) mass is 486 g/mol. The highest BCUT2D eigenvalue weighted by Gasteiger charge is 2.27. The number of methoxy groups -OCH3 is 2. The van der Waals surface area contributed by atoms with Crippen LogP contribution in [-0.2, 0) is 11.2 Å². The number of carbonyl (C=O) groups is 1. The van der Waals surface area contributed by atoms with E-state index in [1.165, 1.54) is 0 Å². The Morgan fingerprint density at radius 1 is 0.939 bits per heavy atom. The lowest BCUT2D eigenvalue weighted by atomic mass is 9.96. The first kappa shape index (κ1) is 24.9. The largest absolute Gasteiger partial charge is 0.493 e. The van der Waals surface area contributed by atoms with E-state index >= 15 is 0 Å². The number of ether oxygens (including phenoxy) is 2. The van der Waals surface area contributed by atoms with Crippen molar-refractivity contribution in [3.05, 3.63) is 93.5 Å². The zero-order valence-corrected chi connectivity index (χ0v) is 20.4. The van der Waals surface area contributed by atoms with Crippen molar-refractivity contribution in [3.63, 3.8) is 0 Å². The molecule has 3 rings (SSSR count). The summed E-state index contributed by atoms with van der Waals surface area (Å²) in [5.74, 6) is 0.883. The summed E-state index contributed by atoms with van der Waals surface area (Å²) in [5, 5.41) is 7.44. The standard InChI is InChI=1S/C26H28Cl2N2O3/c1-29-26(31)24(18-7-5-4-6-8-18)30-21(15-11-17-9-12-19(27)13-10-17)20-14-16-22(32-2)25(33-3)23(20)28/h4-10,12-14,16,21,24,30H,11,15H2,1-3H3,(H,29,31)/t21-,24?/m0/s1. The van der Waals surface area contributed by atoms with Crippen LogP contribution in [0.15, 0.2) is 66.7 Å². The normalized spacial score (nSPS) is 12.6. The van der Waals surface area contributed by atoms with Crippen molar-refractivity contribution >= 4 is 29.1 Å². The molecule has 0 heterocycles. The predicted molar refractivity (Wildman–Crippen MR) is 133 cm³/mol. The molecule has 1 amide bonds. The van der Waals surface area contributed by atoms with Crippen molar-refractivity contribution < 1.29 is 14.3 Å². The minimum atomic E-state index is -0.560. The van der Waals surface area contributed by atoms with Crippen LogP contribution in [0.1, 0.15) is 35.2 Å². The summed E-state index contributed by atoms with van der Waals surface area (Å²) in [5.41, 5.74) is 2.83. The summed E-state index contributed by atoms with van der Waals surface area (Å²) in [4.78, 5) is 12.8. The van der Waals surface area contributed by atoms with E-state index in [0.29, 0.717) is 28.0 Å². The van der Waals surface area contributed by atoms with Gasteiger partial charge < -0.3 is 14.8 Å². The predicted octanol–water partition coefficient (Wildman–Crippen LogP) is 5.76. The second-order valence-electron chi connectivity index (χ2n) is 7.55. The van der Waals surface area contributed by atoms with Crippen LogP contribution in [0.4, 0.5) is 0 Å². The van der Waals surface area contributed by atoms with Crippen molar-refractivity contribution in [2.24, 2.45) is 0 Å². The smallest absolute Gasteiger partial charge is 0.241 e. The Hall–Kier alpha value is -2.73. The number of hydrogen-bond donors (Lipinski definition) is 2. The number of benzene rings is 3. The summed E-state index contributed by atoms with van der Waals surface area (Å²) in [6, 6.07) is 20.3. The molecule has 0 aliphatic heterocycles. The maximum Gasteiger partial charge on any atom is 0.241 e. The minimum Gasteiger partial charge on any atom is -0.493 e. The number of halogens is 2. The van der Waals surface area contributed by atoms with Gasteiger partial charge >= 0.3 is 0 Å². The van der Waals surface area contributed by atoms with Gasteiger partial charge in [0.05, 0.1) is 19.2 Å². The topological polar surface area (TPSA) is 59.6 Å². The molecule has 2 N–H and O–H groups in total. The third-order valence-corrected chi connectivity index (χ3v) is 6.18. The number of carbonyl (C=O) groups excluding carboxylic acids is 1. The van der Waals surface area contributed by atoms with Gasteiger partial charge in [-0.15, -0.1) is 0 Å². The van der Waals surface area contributed by atoms with Gasteiger partial charge in [-0.2, -0.15) is 0 Å². The molecule has 5 nitrogen and oxygen atoms in total. The Morgan fingerprint density at radius 2 is 1.64 bits per heavy atom. The number of hydrogen-bond acceptors (Lipinski definition) is 4. The third-order valence-electron chi connectivity index (χ3n) is 5.53.